The number of Topliss-reactive ketones (excluding diaryl/α,β-unsaturated/α-hetero) is 1. The van der Waals surface area contributed by atoms with Crippen LogP contribution in [0.1, 0.15) is 37.2 Å². The van der Waals surface area contributed by atoms with Crippen LogP contribution in [0.25, 0.3) is 0 Å². The molecule has 13 heavy (non-hydrogen) atoms. The number of carbonyl (C=O) groups excluding carboxylic acids is 1. The van der Waals surface area contributed by atoms with E-state index < -0.39 is 0 Å². The van der Waals surface area contributed by atoms with Crippen molar-refractivity contribution in [3.8, 4) is 0 Å². The quantitative estimate of drug-likeness (QED) is 0.664. The zero-order valence-electron chi connectivity index (χ0n) is 8.45. The average molecular weight is 180 g/mol. The molecule has 3 heteroatoms. The van der Waals surface area contributed by atoms with E-state index in [1.54, 1.807) is 17.1 Å². The van der Waals surface area contributed by atoms with Crippen LogP contribution in [0.4, 0.5) is 0 Å². The lowest BCUT2D eigenvalue weighted by molar-refractivity contribution is 0.0908. The Kier molecular flexibility index (Phi) is 3.23. The van der Waals surface area contributed by atoms with E-state index in [0.29, 0.717) is 5.69 Å². The third kappa shape index (κ3) is 2.17. The van der Waals surface area contributed by atoms with Crippen molar-refractivity contribution in [2.45, 2.75) is 26.7 Å². The molecule has 72 valence electrons. The first kappa shape index (κ1) is 9.96. The van der Waals surface area contributed by atoms with Crippen LogP contribution in [0.15, 0.2) is 12.5 Å². The van der Waals surface area contributed by atoms with E-state index in [0.717, 1.165) is 12.8 Å². The summed E-state index contributed by atoms with van der Waals surface area (Å²) in [5.74, 6) is 0.306. The number of ketones is 1. The maximum atomic E-state index is 11.7. The van der Waals surface area contributed by atoms with Gasteiger partial charge in [0.25, 0.3) is 0 Å². The van der Waals surface area contributed by atoms with E-state index in [-0.39, 0.29) is 11.7 Å². The minimum Gasteiger partial charge on any atom is -0.340 e. The fraction of sp³-hybridized carbons (Fsp3) is 0.600. The summed E-state index contributed by atoms with van der Waals surface area (Å²) in [5, 5.41) is 0. The number of rotatable bonds is 4. The van der Waals surface area contributed by atoms with Gasteiger partial charge in [-0.25, -0.2) is 4.98 Å². The van der Waals surface area contributed by atoms with Gasteiger partial charge in [-0.1, -0.05) is 13.8 Å². The van der Waals surface area contributed by atoms with Crippen LogP contribution in [0.2, 0.25) is 0 Å². The lowest BCUT2D eigenvalue weighted by Gasteiger charge is -2.07. The lowest BCUT2D eigenvalue weighted by atomic mass is 9.96. The highest BCUT2D eigenvalue weighted by Crippen LogP contribution is 2.13. The Labute approximate surface area is 78.8 Å². The fourth-order valence-electron chi connectivity index (χ4n) is 1.41. The molecule has 0 aromatic carbocycles. The minimum absolute atomic E-state index is 0.134. The van der Waals surface area contributed by atoms with Gasteiger partial charge in [-0.05, 0) is 12.8 Å². The molecule has 0 aliphatic rings. The van der Waals surface area contributed by atoms with E-state index in [2.05, 4.69) is 4.98 Å². The van der Waals surface area contributed by atoms with Gasteiger partial charge in [0.1, 0.15) is 5.69 Å². The van der Waals surface area contributed by atoms with Crippen molar-refractivity contribution in [1.82, 2.24) is 9.55 Å². The molecule has 3 nitrogen and oxygen atoms in total. The van der Waals surface area contributed by atoms with Gasteiger partial charge in [-0.2, -0.15) is 0 Å². The summed E-state index contributed by atoms with van der Waals surface area (Å²) in [6, 6.07) is 0. The average Bonchev–Trinajstić information content (AvgIpc) is 2.54. The zero-order chi connectivity index (χ0) is 9.84. The molecule has 0 fully saturated rings. The summed E-state index contributed by atoms with van der Waals surface area (Å²) in [6.07, 6.45) is 5.23. The van der Waals surface area contributed by atoms with E-state index >= 15 is 0 Å². The molecule has 1 aromatic heterocycles. The molecule has 1 rings (SSSR count). The van der Waals surface area contributed by atoms with Gasteiger partial charge in [0, 0.05) is 19.2 Å². The van der Waals surface area contributed by atoms with Crippen LogP contribution >= 0.6 is 0 Å². The first-order chi connectivity index (χ1) is 6.19. The monoisotopic (exact) mass is 180 g/mol. The van der Waals surface area contributed by atoms with Crippen LogP contribution in [-0.4, -0.2) is 15.3 Å². The van der Waals surface area contributed by atoms with Crippen LogP contribution in [0.3, 0.4) is 0 Å². The minimum atomic E-state index is 0.134. The van der Waals surface area contributed by atoms with Crippen molar-refractivity contribution in [2.24, 2.45) is 13.0 Å². The second-order valence-electron chi connectivity index (χ2n) is 3.30. The maximum Gasteiger partial charge on any atom is 0.185 e. The van der Waals surface area contributed by atoms with Crippen molar-refractivity contribution in [2.75, 3.05) is 0 Å². The topological polar surface area (TPSA) is 34.9 Å². The van der Waals surface area contributed by atoms with Gasteiger partial charge in [0.2, 0.25) is 0 Å². The van der Waals surface area contributed by atoms with Crippen molar-refractivity contribution >= 4 is 5.78 Å². The number of aromatic nitrogens is 2. The Morgan fingerprint density at radius 1 is 1.54 bits per heavy atom. The number of carbonyl (C=O) groups is 1. The molecule has 0 aliphatic carbocycles. The molecule has 0 saturated carbocycles. The molecule has 1 heterocycles. The smallest absolute Gasteiger partial charge is 0.185 e. The van der Waals surface area contributed by atoms with Gasteiger partial charge in [-0.3, -0.25) is 4.79 Å². The van der Waals surface area contributed by atoms with Crippen LogP contribution in [0, 0.1) is 5.92 Å². The lowest BCUT2D eigenvalue weighted by Crippen LogP contribution is -2.13. The standard InChI is InChI=1S/C10H16N2O/c1-4-8(5-2)10(13)9-6-12(3)7-11-9/h6-8H,4-5H2,1-3H3. The number of aryl methyl sites for hydroxylation is 1. The van der Waals surface area contributed by atoms with Gasteiger partial charge < -0.3 is 4.57 Å². The number of hydrogen-bond acceptors (Lipinski definition) is 2. The van der Waals surface area contributed by atoms with E-state index in [1.165, 1.54) is 0 Å². The Morgan fingerprint density at radius 2 is 2.15 bits per heavy atom. The molecule has 0 unspecified atom stereocenters. The van der Waals surface area contributed by atoms with Gasteiger partial charge >= 0.3 is 0 Å². The first-order valence-corrected chi connectivity index (χ1v) is 4.71. The Balaban J connectivity index is 2.78. The molecule has 0 atom stereocenters. The highest BCUT2D eigenvalue weighted by Gasteiger charge is 2.17. The second kappa shape index (κ2) is 4.21. The summed E-state index contributed by atoms with van der Waals surface area (Å²) < 4.78 is 1.80. The molecule has 0 aliphatic heterocycles. The highest BCUT2D eigenvalue weighted by atomic mass is 16.1. The largest absolute Gasteiger partial charge is 0.340 e. The van der Waals surface area contributed by atoms with Crippen LogP contribution < -0.4 is 0 Å². The molecular formula is C10H16N2O. The first-order valence-electron chi connectivity index (χ1n) is 4.71. The molecular weight excluding hydrogens is 164 g/mol. The molecule has 0 radical (unpaired) electrons. The van der Waals surface area contributed by atoms with Gasteiger partial charge in [-0.15, -0.1) is 0 Å². The Hall–Kier alpha value is -1.12. The molecule has 0 saturated heterocycles. The van der Waals surface area contributed by atoms with Crippen LogP contribution in [0.5, 0.6) is 0 Å². The fourth-order valence-corrected chi connectivity index (χ4v) is 1.41. The highest BCUT2D eigenvalue weighted by molar-refractivity contribution is 5.95. The normalized spacial score (nSPS) is 10.8. The summed E-state index contributed by atoms with van der Waals surface area (Å²) in [4.78, 5) is 15.8. The number of nitrogens with zero attached hydrogens (tertiary/aromatic N) is 2. The number of imidazole rings is 1. The van der Waals surface area contributed by atoms with Gasteiger partial charge in [0.15, 0.2) is 5.78 Å². The predicted molar refractivity (Wildman–Crippen MR) is 51.6 cm³/mol. The maximum absolute atomic E-state index is 11.7. The van der Waals surface area contributed by atoms with E-state index in [1.807, 2.05) is 20.9 Å². The summed E-state index contributed by atoms with van der Waals surface area (Å²) in [6.45, 7) is 4.07. The van der Waals surface area contributed by atoms with Crippen molar-refractivity contribution in [3.05, 3.63) is 18.2 Å². The van der Waals surface area contributed by atoms with Crippen molar-refractivity contribution in [3.63, 3.8) is 0 Å². The summed E-state index contributed by atoms with van der Waals surface area (Å²) in [5.41, 5.74) is 0.594. The molecule has 0 N–H and O–H groups in total. The van der Waals surface area contributed by atoms with Crippen LogP contribution in [-0.2, 0) is 7.05 Å². The SMILES string of the molecule is CCC(CC)C(=O)c1cn(C)cn1. The Bertz CT molecular complexity index is 287. The molecule has 0 amide bonds. The van der Waals surface area contributed by atoms with Crippen molar-refractivity contribution in [1.29, 1.82) is 0 Å². The third-order valence-electron chi connectivity index (χ3n) is 2.31. The van der Waals surface area contributed by atoms with E-state index in [9.17, 15) is 4.79 Å². The predicted octanol–water partition coefficient (Wildman–Crippen LogP) is 2.04. The second-order valence-corrected chi connectivity index (χ2v) is 3.30. The van der Waals surface area contributed by atoms with E-state index in [4.69, 9.17) is 0 Å². The molecule has 0 bridgehead atoms. The summed E-state index contributed by atoms with van der Waals surface area (Å²) >= 11 is 0. The van der Waals surface area contributed by atoms with Gasteiger partial charge in [0.05, 0.1) is 6.33 Å². The Morgan fingerprint density at radius 3 is 2.54 bits per heavy atom. The summed E-state index contributed by atoms with van der Waals surface area (Å²) in [7, 11) is 1.87. The number of hydrogen-bond donors (Lipinski definition) is 0. The van der Waals surface area contributed by atoms with Crippen molar-refractivity contribution < 1.29 is 4.79 Å². The zero-order valence-corrected chi connectivity index (χ0v) is 8.45. The molecule has 1 aromatic rings. The third-order valence-corrected chi connectivity index (χ3v) is 2.31. The molecule has 0 spiro atoms.